The third-order valence-corrected chi connectivity index (χ3v) is 20.4. The van der Waals surface area contributed by atoms with Gasteiger partial charge in [-0.2, -0.15) is 0 Å². The summed E-state index contributed by atoms with van der Waals surface area (Å²) in [6.45, 7) is 15.6. The molecule has 5 N–H and O–H groups in total. The van der Waals surface area contributed by atoms with Crippen LogP contribution in [0.3, 0.4) is 0 Å². The van der Waals surface area contributed by atoms with E-state index >= 15 is 0 Å². The van der Waals surface area contributed by atoms with E-state index in [4.69, 9.17) is 51.5 Å². The van der Waals surface area contributed by atoms with Gasteiger partial charge in [-0.15, -0.1) is 0 Å². The van der Waals surface area contributed by atoms with E-state index in [0.29, 0.717) is 108 Å². The van der Waals surface area contributed by atoms with Crippen LogP contribution in [0.1, 0.15) is 145 Å². The largest absolute Gasteiger partial charge is 0.508 e. The number of benzene rings is 8. The quantitative estimate of drug-likeness (QED) is 0.0566. The summed E-state index contributed by atoms with van der Waals surface area (Å²) in [6.07, 6.45) is 13.6. The van der Waals surface area contributed by atoms with Crippen molar-refractivity contribution < 1.29 is 46.2 Å². The number of carbonyl (C=O) groups is 4. The van der Waals surface area contributed by atoms with Gasteiger partial charge < -0.3 is 26.4 Å². The van der Waals surface area contributed by atoms with Gasteiger partial charge in [0.25, 0.3) is 0 Å². The maximum Gasteiger partial charge on any atom is 0.230 e. The molecule has 4 aromatic heterocycles. The number of aryl methyl sites for hydroxylation is 8. The molecule has 0 saturated heterocycles. The molecule has 4 amide bonds. The van der Waals surface area contributed by atoms with Crippen molar-refractivity contribution in [2.24, 2.45) is 0 Å². The van der Waals surface area contributed by atoms with Crippen molar-refractivity contribution >= 4 is 98.7 Å². The summed E-state index contributed by atoms with van der Waals surface area (Å²) < 4.78 is 68.6. The molecule has 120 heavy (non-hydrogen) atoms. The molecule has 0 spiro atoms. The number of fused-ring (bicyclic) bond motifs is 12. The van der Waals surface area contributed by atoms with E-state index in [-0.39, 0.29) is 84.1 Å². The fraction of sp³-hybridized carbons (Fsp3) is 0.208. The lowest BCUT2D eigenvalue weighted by atomic mass is 9.91. The van der Waals surface area contributed by atoms with Crippen LogP contribution in [0.25, 0.3) is 69.3 Å². The van der Waals surface area contributed by atoms with E-state index < -0.39 is 0 Å². The Morgan fingerprint density at radius 3 is 0.825 bits per heavy atom. The van der Waals surface area contributed by atoms with Crippen LogP contribution in [-0.2, 0) is 96.2 Å². The molecule has 16 rings (SSSR count). The van der Waals surface area contributed by atoms with Gasteiger partial charge in [-0.1, -0.05) is 98.4 Å². The average Bonchev–Trinajstić information content (AvgIpc) is 0.786. The number of hydrogen-bond donors (Lipinski definition) is 5. The molecule has 0 saturated carbocycles. The van der Waals surface area contributed by atoms with Gasteiger partial charge in [-0.05, 0) is 297 Å². The van der Waals surface area contributed by atoms with Crippen LogP contribution in [0.15, 0.2) is 197 Å². The van der Waals surface area contributed by atoms with Gasteiger partial charge in [-0.3, -0.25) is 19.2 Å². The molecule has 0 fully saturated rings. The minimum Gasteiger partial charge on any atom is -0.508 e. The van der Waals surface area contributed by atoms with E-state index in [9.17, 15) is 46.2 Å². The first-order valence-electron chi connectivity index (χ1n) is 39.1. The monoisotopic (exact) mass is 1690 g/mol. The summed E-state index contributed by atoms with van der Waals surface area (Å²) in [6, 6.07) is 46.1. The molecule has 4 heterocycles. The van der Waals surface area contributed by atoms with Crippen molar-refractivity contribution in [3.63, 3.8) is 0 Å². The topological polar surface area (TPSA) is 240 Å². The number of anilines is 4. The smallest absolute Gasteiger partial charge is 0.230 e. The van der Waals surface area contributed by atoms with Crippen LogP contribution in [0.4, 0.5) is 45.2 Å². The Hall–Kier alpha value is -12.9. The van der Waals surface area contributed by atoms with Crippen LogP contribution in [0, 0.1) is 29.1 Å². The first-order chi connectivity index (χ1) is 57.5. The zero-order chi connectivity index (χ0) is 85.0. The summed E-state index contributed by atoms with van der Waals surface area (Å²) in [7, 11) is 0. The number of phenolic OH excluding ortho intramolecular Hbond substituents is 1. The Bertz CT molecular complexity index is 5350. The summed E-state index contributed by atoms with van der Waals surface area (Å²) >= 11 is 9.32. The lowest BCUT2D eigenvalue weighted by Gasteiger charge is -2.20. The van der Waals surface area contributed by atoms with Gasteiger partial charge in [0.15, 0.2) is 23.3 Å². The number of rotatable bonds is 16. The molecule has 608 valence electrons. The van der Waals surface area contributed by atoms with Gasteiger partial charge >= 0.3 is 0 Å². The summed E-state index contributed by atoms with van der Waals surface area (Å²) in [5.74, 6) is -0.259. The Morgan fingerprint density at radius 2 is 0.567 bits per heavy atom. The Labute approximate surface area is 705 Å². The molecule has 0 bridgehead atoms. The predicted molar refractivity (Wildman–Crippen MR) is 466 cm³/mol. The molecule has 24 heteroatoms. The second-order valence-corrected chi connectivity index (χ2v) is 31.9. The minimum atomic E-state index is -0.342. The maximum absolute atomic E-state index is 13.6. The number of carbonyl (C=O) groups excluding carboxylic acids is 4. The normalized spacial score (nSPS) is 12.0. The molecule has 0 radical (unpaired) electrons. The number of halogens is 7. The van der Waals surface area contributed by atoms with Crippen molar-refractivity contribution in [1.82, 2.24) is 39.9 Å². The zero-order valence-corrected chi connectivity index (χ0v) is 69.6. The zero-order valence-electron chi connectivity index (χ0n) is 67.3. The van der Waals surface area contributed by atoms with Gasteiger partial charge in [-0.25, -0.2) is 61.8 Å². The molecule has 4 aliphatic rings. The number of amides is 4. The fourth-order valence-corrected chi connectivity index (χ4v) is 14.6. The number of allylic oxidation sites excluding steroid dienone is 4. The summed E-state index contributed by atoms with van der Waals surface area (Å²) in [5.41, 5.74) is 23.1. The third-order valence-electron chi connectivity index (χ3n) is 19.7. The summed E-state index contributed by atoms with van der Waals surface area (Å²) in [4.78, 5) is 88.5. The van der Waals surface area contributed by atoms with E-state index in [1.807, 2.05) is 116 Å². The van der Waals surface area contributed by atoms with Gasteiger partial charge in [0.1, 0.15) is 57.6 Å². The molecular formula is C96H85BrClF5N12O5. The number of hydrogen-bond acceptors (Lipinski definition) is 13. The Kier molecular flexibility index (Phi) is 27.1. The molecule has 0 unspecified atom stereocenters. The van der Waals surface area contributed by atoms with E-state index in [1.54, 1.807) is 97.1 Å². The lowest BCUT2D eigenvalue weighted by Crippen LogP contribution is -2.19. The van der Waals surface area contributed by atoms with Crippen LogP contribution in [0.2, 0.25) is 5.02 Å². The fourth-order valence-electron chi connectivity index (χ4n) is 14.2. The van der Waals surface area contributed by atoms with Gasteiger partial charge in [0, 0.05) is 31.7 Å². The van der Waals surface area contributed by atoms with Gasteiger partial charge in [0.2, 0.25) is 23.6 Å². The highest BCUT2D eigenvalue weighted by Gasteiger charge is 2.28. The molecule has 4 aliphatic carbocycles. The SMILES string of the molecule is CC(C)=Cc1nc2c(nc1NC(=O)Cc1ccc(Br)cc1)CCc1cc(F)ccc1-2.CC(C)=Cc1nc2c(nc1NC(=O)Cc1ccc(Cl)cc1)CCc1cc(F)ccc1-2.CC(C)=Cc1nc2c(nc1NC(=O)Cc1ccc(F)cc1)CCc1cc(F)ccc1-2.CC(C)=Cc1nc2c(nc1NC(=O)Cc1ccc(O)cc1)CCc1cc(F)ccc1-2. The standard InChI is InChI=1S/C24H21BrFN3O.C24H21ClFN3O.C24H21F2N3O.C24H22FN3O2/c3*1-14(2)11-21-24(29-22(30)12-15-3-6-17(25)7-4-15)28-20-10-5-16-13-18(26)8-9-19(16)23(20)27-21;1-14(2)11-21-24(28-22(30)12-15-3-7-18(29)8-4-15)27-20-10-5-16-13-17(25)6-9-19(16)23(20)26-21/h3*3-4,6-9,11,13H,5,10,12H2,1-2H3,(H,28,29,30);3-4,6-9,11,13,29H,5,10,12H2,1-2H3,(H,27,28,30). The second-order valence-electron chi connectivity index (χ2n) is 30.5. The van der Waals surface area contributed by atoms with Crippen molar-refractivity contribution in [2.45, 2.75) is 132 Å². The van der Waals surface area contributed by atoms with Crippen molar-refractivity contribution in [2.75, 3.05) is 21.3 Å². The van der Waals surface area contributed by atoms with Crippen molar-refractivity contribution in [3.05, 3.63) is 321 Å². The Morgan fingerprint density at radius 1 is 0.333 bits per heavy atom. The van der Waals surface area contributed by atoms with E-state index in [2.05, 4.69) is 37.2 Å². The molecule has 0 aliphatic heterocycles. The number of phenols is 1. The highest BCUT2D eigenvalue weighted by molar-refractivity contribution is 9.10. The average molecular weight is 1700 g/mol. The van der Waals surface area contributed by atoms with Crippen molar-refractivity contribution in [3.8, 4) is 50.8 Å². The Balaban J connectivity index is 0.000000138. The predicted octanol–water partition coefficient (Wildman–Crippen LogP) is 21.2. The van der Waals surface area contributed by atoms with Gasteiger partial charge in [0.05, 0.1) is 71.2 Å². The molecular weight excluding hydrogens is 1610 g/mol. The van der Waals surface area contributed by atoms with Crippen LogP contribution >= 0.6 is 27.5 Å². The highest BCUT2D eigenvalue weighted by Crippen LogP contribution is 2.39. The van der Waals surface area contributed by atoms with E-state index in [0.717, 1.165) is 134 Å². The molecule has 12 aromatic rings. The minimum absolute atomic E-state index is 0.107. The maximum atomic E-state index is 13.6. The third kappa shape index (κ3) is 22.1. The van der Waals surface area contributed by atoms with Crippen LogP contribution in [-0.4, -0.2) is 68.6 Å². The first-order valence-corrected chi connectivity index (χ1v) is 40.3. The molecule has 0 atom stereocenters. The van der Waals surface area contributed by atoms with Crippen LogP contribution in [0.5, 0.6) is 5.75 Å². The molecule has 8 aromatic carbocycles. The van der Waals surface area contributed by atoms with E-state index in [1.165, 1.54) is 36.4 Å². The number of nitrogens with zero attached hydrogens (tertiary/aromatic N) is 8. The number of nitrogens with one attached hydrogen (secondary N) is 4. The number of aromatic nitrogens is 8. The molecule has 17 nitrogen and oxygen atoms in total. The lowest BCUT2D eigenvalue weighted by molar-refractivity contribution is -0.116. The summed E-state index contributed by atoms with van der Waals surface area (Å²) in [5, 5.41) is 21.6. The number of aromatic hydroxyl groups is 1. The van der Waals surface area contributed by atoms with Crippen LogP contribution < -0.4 is 21.3 Å². The first kappa shape index (κ1) is 85.0. The van der Waals surface area contributed by atoms with Crippen molar-refractivity contribution in [1.29, 1.82) is 0 Å². The highest BCUT2D eigenvalue weighted by atomic mass is 79.9. The second kappa shape index (κ2) is 38.3.